The number of aliphatic carboxylic acids is 1. The number of hydrogen-bond acceptors (Lipinski definition) is 6. The summed E-state index contributed by atoms with van der Waals surface area (Å²) < 4.78 is 10.7. The minimum atomic E-state index is -1.15. The van der Waals surface area contributed by atoms with Crippen molar-refractivity contribution in [2.75, 3.05) is 18.5 Å². The molecule has 1 aromatic heterocycles. The van der Waals surface area contributed by atoms with Crippen LogP contribution in [0.15, 0.2) is 66.9 Å². The Balaban J connectivity index is 1.26. The number of anilines is 1. The average Bonchev–Trinajstić information content (AvgIpc) is 3.46. The lowest BCUT2D eigenvalue weighted by molar-refractivity contribution is -0.148. The number of nitrogens with zero attached hydrogens (tertiary/aromatic N) is 1. The van der Waals surface area contributed by atoms with Crippen LogP contribution in [0.1, 0.15) is 34.0 Å². The summed E-state index contributed by atoms with van der Waals surface area (Å²) >= 11 is 0. The molecular formula is C26H23N3O6. The Morgan fingerprint density at radius 2 is 1.69 bits per heavy atom. The number of rotatable bonds is 6. The molecule has 3 aromatic rings. The SMILES string of the molecule is O=C(Nc1cccnc1C(=O)NC1CCOC1C(=O)O)OCC1c2ccccc2-c2ccccc21. The first kappa shape index (κ1) is 22.5. The maximum Gasteiger partial charge on any atom is 0.411 e. The minimum absolute atomic E-state index is 0.0444. The summed E-state index contributed by atoms with van der Waals surface area (Å²) in [5.74, 6) is -1.85. The molecule has 2 aliphatic rings. The summed E-state index contributed by atoms with van der Waals surface area (Å²) in [6.45, 7) is 0.357. The second-order valence-electron chi connectivity index (χ2n) is 8.35. The molecule has 0 spiro atoms. The van der Waals surface area contributed by atoms with E-state index < -0.39 is 30.1 Å². The van der Waals surface area contributed by atoms with Gasteiger partial charge in [-0.15, -0.1) is 0 Å². The van der Waals surface area contributed by atoms with Gasteiger partial charge in [-0.2, -0.15) is 0 Å². The average molecular weight is 473 g/mol. The second-order valence-corrected chi connectivity index (χ2v) is 8.35. The molecule has 1 aliphatic carbocycles. The Bertz CT molecular complexity index is 1250. The third-order valence-electron chi connectivity index (χ3n) is 6.25. The molecule has 2 heterocycles. The molecule has 2 aromatic carbocycles. The zero-order valence-corrected chi connectivity index (χ0v) is 18.6. The Kier molecular flexibility index (Phi) is 6.15. The lowest BCUT2D eigenvalue weighted by atomic mass is 9.98. The van der Waals surface area contributed by atoms with Crippen molar-refractivity contribution in [1.29, 1.82) is 0 Å². The van der Waals surface area contributed by atoms with Crippen LogP contribution in [0.5, 0.6) is 0 Å². The number of carbonyl (C=O) groups excluding carboxylic acids is 2. The van der Waals surface area contributed by atoms with Gasteiger partial charge in [-0.25, -0.2) is 14.6 Å². The van der Waals surface area contributed by atoms with Gasteiger partial charge in [0.05, 0.1) is 11.7 Å². The van der Waals surface area contributed by atoms with Gasteiger partial charge in [-0.05, 0) is 40.8 Å². The Hall–Kier alpha value is -4.24. The number of aromatic nitrogens is 1. The lowest BCUT2D eigenvalue weighted by Gasteiger charge is -2.18. The predicted octanol–water partition coefficient (Wildman–Crippen LogP) is 3.41. The third-order valence-corrected chi connectivity index (χ3v) is 6.25. The van der Waals surface area contributed by atoms with Crippen LogP contribution in [-0.2, 0) is 14.3 Å². The van der Waals surface area contributed by atoms with E-state index in [1.165, 1.54) is 12.3 Å². The van der Waals surface area contributed by atoms with Crippen molar-refractivity contribution in [1.82, 2.24) is 10.3 Å². The van der Waals surface area contributed by atoms with Crippen molar-refractivity contribution in [2.45, 2.75) is 24.5 Å². The fourth-order valence-corrected chi connectivity index (χ4v) is 4.65. The van der Waals surface area contributed by atoms with E-state index in [0.29, 0.717) is 6.42 Å². The quantitative estimate of drug-likeness (QED) is 0.501. The first-order valence-electron chi connectivity index (χ1n) is 11.2. The molecule has 0 bridgehead atoms. The van der Waals surface area contributed by atoms with E-state index in [1.54, 1.807) is 6.07 Å². The van der Waals surface area contributed by atoms with Crippen molar-refractivity contribution >= 4 is 23.7 Å². The number of hydrogen-bond donors (Lipinski definition) is 3. The molecule has 1 saturated heterocycles. The molecule has 35 heavy (non-hydrogen) atoms. The molecule has 2 amide bonds. The van der Waals surface area contributed by atoms with Gasteiger partial charge < -0.3 is 19.9 Å². The molecule has 9 nitrogen and oxygen atoms in total. The van der Waals surface area contributed by atoms with Gasteiger partial charge in [0.25, 0.3) is 5.91 Å². The molecule has 2 atom stereocenters. The number of amides is 2. The van der Waals surface area contributed by atoms with E-state index in [0.717, 1.165) is 22.3 Å². The lowest BCUT2D eigenvalue weighted by Crippen LogP contribution is -2.44. The smallest absolute Gasteiger partial charge is 0.411 e. The standard InChI is InChI=1S/C26H23N3O6/c30-24(28-21-11-13-34-23(21)25(31)32)22-20(10-5-12-27-22)29-26(33)35-14-19-17-8-3-1-6-15(17)16-7-2-4-9-18(16)19/h1-10,12,19,21,23H,11,13-14H2,(H,28,30)(H,29,33)(H,31,32). The molecule has 2 unspecified atom stereocenters. The summed E-state index contributed by atoms with van der Waals surface area (Å²) in [6.07, 6.45) is -0.0646. The minimum Gasteiger partial charge on any atom is -0.479 e. The van der Waals surface area contributed by atoms with Crippen molar-refractivity contribution in [2.24, 2.45) is 0 Å². The number of pyridine rings is 1. The van der Waals surface area contributed by atoms with E-state index in [9.17, 15) is 19.5 Å². The Labute approximate surface area is 201 Å². The second kappa shape index (κ2) is 9.55. The third kappa shape index (κ3) is 4.45. The summed E-state index contributed by atoms with van der Waals surface area (Å²) in [5.41, 5.74) is 4.55. The van der Waals surface area contributed by atoms with Crippen molar-refractivity contribution in [3.05, 3.63) is 83.7 Å². The fraction of sp³-hybridized carbons (Fsp3) is 0.231. The van der Waals surface area contributed by atoms with Gasteiger partial charge in [-0.3, -0.25) is 10.1 Å². The van der Waals surface area contributed by atoms with E-state index >= 15 is 0 Å². The van der Waals surface area contributed by atoms with Crippen molar-refractivity contribution in [3.8, 4) is 11.1 Å². The summed E-state index contributed by atoms with van der Waals surface area (Å²) in [5, 5.41) is 14.5. The number of carbonyl (C=O) groups is 3. The van der Waals surface area contributed by atoms with Crippen LogP contribution >= 0.6 is 0 Å². The molecular weight excluding hydrogens is 450 g/mol. The maximum absolute atomic E-state index is 12.8. The Morgan fingerprint density at radius 3 is 2.37 bits per heavy atom. The van der Waals surface area contributed by atoms with Crippen molar-refractivity contribution < 1.29 is 29.0 Å². The highest BCUT2D eigenvalue weighted by Crippen LogP contribution is 2.44. The Morgan fingerprint density at radius 1 is 1.00 bits per heavy atom. The number of carboxylic acids is 1. The van der Waals surface area contributed by atoms with E-state index in [4.69, 9.17) is 9.47 Å². The fourth-order valence-electron chi connectivity index (χ4n) is 4.65. The van der Waals surface area contributed by atoms with E-state index in [-0.39, 0.29) is 30.5 Å². The zero-order chi connectivity index (χ0) is 24.4. The van der Waals surface area contributed by atoms with Crippen LogP contribution in [0.2, 0.25) is 0 Å². The monoisotopic (exact) mass is 473 g/mol. The molecule has 1 aliphatic heterocycles. The normalized spacial score (nSPS) is 18.4. The van der Waals surface area contributed by atoms with Gasteiger partial charge in [0.15, 0.2) is 11.8 Å². The topological polar surface area (TPSA) is 127 Å². The first-order valence-corrected chi connectivity index (χ1v) is 11.2. The molecule has 0 saturated carbocycles. The number of benzene rings is 2. The predicted molar refractivity (Wildman–Crippen MR) is 126 cm³/mol. The number of carboxylic acid groups (broad SMARTS) is 1. The van der Waals surface area contributed by atoms with E-state index in [1.807, 2.05) is 36.4 Å². The van der Waals surface area contributed by atoms with Gasteiger partial charge >= 0.3 is 12.1 Å². The van der Waals surface area contributed by atoms with Gasteiger partial charge in [0.2, 0.25) is 0 Å². The van der Waals surface area contributed by atoms with E-state index in [2.05, 4.69) is 27.8 Å². The summed E-state index contributed by atoms with van der Waals surface area (Å²) in [4.78, 5) is 40.8. The largest absolute Gasteiger partial charge is 0.479 e. The molecule has 9 heteroatoms. The molecule has 5 rings (SSSR count). The van der Waals surface area contributed by atoms with Crippen LogP contribution in [0.25, 0.3) is 11.1 Å². The number of fused-ring (bicyclic) bond motifs is 3. The van der Waals surface area contributed by atoms with Crippen LogP contribution < -0.4 is 10.6 Å². The van der Waals surface area contributed by atoms with Gasteiger partial charge in [0.1, 0.15) is 6.61 Å². The molecule has 0 radical (unpaired) electrons. The molecule has 3 N–H and O–H groups in total. The van der Waals surface area contributed by atoms with Gasteiger partial charge in [-0.1, -0.05) is 48.5 Å². The number of ether oxygens (including phenoxy) is 2. The number of nitrogens with one attached hydrogen (secondary N) is 2. The highest BCUT2D eigenvalue weighted by atomic mass is 16.5. The summed E-state index contributed by atoms with van der Waals surface area (Å²) in [6, 6.07) is 18.5. The highest BCUT2D eigenvalue weighted by molar-refractivity contribution is 6.01. The van der Waals surface area contributed by atoms with Crippen LogP contribution in [0.3, 0.4) is 0 Å². The zero-order valence-electron chi connectivity index (χ0n) is 18.6. The summed E-state index contributed by atoms with van der Waals surface area (Å²) in [7, 11) is 0. The van der Waals surface area contributed by atoms with Crippen LogP contribution in [-0.4, -0.2) is 53.4 Å². The molecule has 178 valence electrons. The highest BCUT2D eigenvalue weighted by Gasteiger charge is 2.36. The first-order chi connectivity index (χ1) is 17.0. The van der Waals surface area contributed by atoms with Crippen LogP contribution in [0, 0.1) is 0 Å². The van der Waals surface area contributed by atoms with Gasteiger partial charge in [0, 0.05) is 18.7 Å². The maximum atomic E-state index is 12.8. The molecule has 1 fully saturated rings. The van der Waals surface area contributed by atoms with Crippen molar-refractivity contribution in [3.63, 3.8) is 0 Å². The van der Waals surface area contributed by atoms with Crippen LogP contribution in [0.4, 0.5) is 10.5 Å².